The van der Waals surface area contributed by atoms with Crippen LogP contribution in [0.25, 0.3) is 17.2 Å². The number of aliphatic hydroxyl groups excluding tert-OH is 2. The van der Waals surface area contributed by atoms with E-state index in [0.717, 1.165) is 28.9 Å². The Morgan fingerprint density at radius 2 is 1.80 bits per heavy atom. The molecule has 1 aliphatic rings. The largest absolute Gasteiger partial charge is 0.489 e. The van der Waals surface area contributed by atoms with Crippen LogP contribution < -0.4 is 10.5 Å². The Morgan fingerprint density at radius 3 is 2.37 bits per heavy atom. The zero-order valence-electron chi connectivity index (χ0n) is 16.9. The maximum absolute atomic E-state index is 9.83. The van der Waals surface area contributed by atoms with Crippen LogP contribution in [0.2, 0.25) is 0 Å². The second kappa shape index (κ2) is 8.83. The SMILES string of the molecule is C[C@H](O)c1nccn1C(/C=C/c1ccc(-c2ccc(O[C@@H]3C[C@H]3N)cc2)cc1)CO. The molecule has 6 heteroatoms. The van der Waals surface area contributed by atoms with Gasteiger partial charge in [-0.15, -0.1) is 0 Å². The highest BCUT2D eigenvalue weighted by Crippen LogP contribution is 2.28. The lowest BCUT2D eigenvalue weighted by molar-refractivity contribution is 0.175. The molecule has 4 rings (SSSR count). The van der Waals surface area contributed by atoms with Crippen molar-refractivity contribution in [3.63, 3.8) is 0 Å². The maximum atomic E-state index is 9.83. The van der Waals surface area contributed by atoms with Crippen molar-refractivity contribution >= 4 is 6.08 Å². The minimum Gasteiger partial charge on any atom is -0.489 e. The van der Waals surface area contributed by atoms with Crippen molar-refractivity contribution in [3.05, 3.63) is 78.4 Å². The van der Waals surface area contributed by atoms with E-state index >= 15 is 0 Å². The fourth-order valence-corrected chi connectivity index (χ4v) is 3.40. The van der Waals surface area contributed by atoms with E-state index in [2.05, 4.69) is 17.1 Å². The van der Waals surface area contributed by atoms with E-state index in [-0.39, 0.29) is 24.8 Å². The molecule has 1 aliphatic carbocycles. The summed E-state index contributed by atoms with van der Waals surface area (Å²) >= 11 is 0. The molecule has 156 valence electrons. The summed E-state index contributed by atoms with van der Waals surface area (Å²) in [7, 11) is 0. The summed E-state index contributed by atoms with van der Waals surface area (Å²) < 4.78 is 7.57. The maximum Gasteiger partial charge on any atom is 0.137 e. The van der Waals surface area contributed by atoms with E-state index in [1.165, 1.54) is 0 Å². The number of aromatic nitrogens is 2. The Labute approximate surface area is 176 Å². The molecule has 3 aromatic rings. The molecule has 0 spiro atoms. The standard InChI is InChI=1S/C24H27N3O3/c1-16(29)24-26-12-13-27(24)20(15-28)9-4-17-2-5-18(6-3-17)19-7-10-21(11-8-19)30-23-14-22(23)25/h2-13,16,20,22-23,28-29H,14-15,25H2,1H3/b9-4+/t16-,20?,22+,23+/m0/s1. The first kappa shape index (κ1) is 20.3. The molecule has 0 bridgehead atoms. The summed E-state index contributed by atoms with van der Waals surface area (Å²) in [6, 6.07) is 16.1. The van der Waals surface area contributed by atoms with Gasteiger partial charge >= 0.3 is 0 Å². The lowest BCUT2D eigenvalue weighted by Crippen LogP contribution is -2.14. The second-order valence-electron chi connectivity index (χ2n) is 7.68. The predicted molar refractivity (Wildman–Crippen MR) is 117 cm³/mol. The fourth-order valence-electron chi connectivity index (χ4n) is 3.40. The number of aliphatic hydroxyl groups is 2. The van der Waals surface area contributed by atoms with E-state index in [4.69, 9.17) is 10.5 Å². The fraction of sp³-hybridized carbons (Fsp3) is 0.292. The van der Waals surface area contributed by atoms with Crippen LogP contribution in [0.1, 0.15) is 36.9 Å². The monoisotopic (exact) mass is 405 g/mol. The minimum absolute atomic E-state index is 0.0785. The van der Waals surface area contributed by atoms with Gasteiger partial charge in [-0.1, -0.05) is 48.6 Å². The average Bonchev–Trinajstić information content (AvgIpc) is 3.24. The summed E-state index contributed by atoms with van der Waals surface area (Å²) in [6.45, 7) is 1.58. The van der Waals surface area contributed by atoms with Gasteiger partial charge in [-0.2, -0.15) is 0 Å². The van der Waals surface area contributed by atoms with Crippen molar-refractivity contribution in [2.75, 3.05) is 6.61 Å². The van der Waals surface area contributed by atoms with Gasteiger partial charge in [0.25, 0.3) is 0 Å². The van der Waals surface area contributed by atoms with Gasteiger partial charge in [-0.05, 0) is 35.7 Å². The summed E-state index contributed by atoms with van der Waals surface area (Å²) in [4.78, 5) is 4.17. The highest BCUT2D eigenvalue weighted by atomic mass is 16.5. The number of imidazole rings is 1. The molecule has 4 atom stereocenters. The van der Waals surface area contributed by atoms with Crippen LogP contribution in [-0.2, 0) is 0 Å². The third-order valence-electron chi connectivity index (χ3n) is 5.29. The third kappa shape index (κ3) is 4.62. The van der Waals surface area contributed by atoms with Crippen molar-refractivity contribution in [1.29, 1.82) is 0 Å². The third-order valence-corrected chi connectivity index (χ3v) is 5.29. The van der Waals surface area contributed by atoms with E-state index in [9.17, 15) is 10.2 Å². The molecule has 0 saturated heterocycles. The van der Waals surface area contributed by atoms with Crippen LogP contribution in [-0.4, -0.2) is 38.5 Å². The normalized spacial score (nSPS) is 20.3. The highest BCUT2D eigenvalue weighted by molar-refractivity contribution is 5.66. The molecule has 1 fully saturated rings. The van der Waals surface area contributed by atoms with Gasteiger partial charge in [0.15, 0.2) is 0 Å². The molecule has 0 radical (unpaired) electrons. The van der Waals surface area contributed by atoms with Crippen LogP contribution in [0.4, 0.5) is 0 Å². The van der Waals surface area contributed by atoms with Crippen molar-refractivity contribution in [2.45, 2.75) is 37.6 Å². The van der Waals surface area contributed by atoms with Crippen LogP contribution in [0.15, 0.2) is 67.0 Å². The summed E-state index contributed by atoms with van der Waals surface area (Å²) in [5, 5.41) is 19.6. The Kier molecular flexibility index (Phi) is 5.99. The van der Waals surface area contributed by atoms with Gasteiger partial charge in [0.2, 0.25) is 0 Å². The molecule has 4 N–H and O–H groups in total. The number of nitrogens with two attached hydrogens (primary N) is 1. The van der Waals surface area contributed by atoms with Crippen molar-refractivity contribution in [3.8, 4) is 16.9 Å². The van der Waals surface area contributed by atoms with Gasteiger partial charge in [0.1, 0.15) is 23.8 Å². The summed E-state index contributed by atoms with van der Waals surface area (Å²) in [6.07, 6.45) is 7.66. The van der Waals surface area contributed by atoms with Gasteiger partial charge in [-0.25, -0.2) is 4.98 Å². The molecule has 0 amide bonds. The zero-order valence-corrected chi connectivity index (χ0v) is 16.9. The number of ether oxygens (including phenoxy) is 1. The molecule has 6 nitrogen and oxygen atoms in total. The molecular weight excluding hydrogens is 378 g/mol. The average molecular weight is 405 g/mol. The van der Waals surface area contributed by atoms with E-state index < -0.39 is 6.10 Å². The topological polar surface area (TPSA) is 93.5 Å². The van der Waals surface area contributed by atoms with Gasteiger partial charge in [-0.3, -0.25) is 0 Å². The number of benzene rings is 2. The first-order valence-corrected chi connectivity index (χ1v) is 10.2. The minimum atomic E-state index is -0.695. The highest BCUT2D eigenvalue weighted by Gasteiger charge is 2.35. The molecule has 2 aromatic carbocycles. The molecule has 30 heavy (non-hydrogen) atoms. The number of hydrogen-bond donors (Lipinski definition) is 3. The van der Waals surface area contributed by atoms with E-state index in [0.29, 0.717) is 5.82 Å². The summed E-state index contributed by atoms with van der Waals surface area (Å²) in [5.74, 6) is 1.38. The molecular formula is C24H27N3O3. The lowest BCUT2D eigenvalue weighted by atomic mass is 10.0. The Morgan fingerprint density at radius 1 is 1.17 bits per heavy atom. The van der Waals surface area contributed by atoms with Gasteiger partial charge in [0.05, 0.1) is 12.6 Å². The van der Waals surface area contributed by atoms with Crippen molar-refractivity contribution in [2.24, 2.45) is 5.73 Å². The Bertz CT molecular complexity index is 993. The zero-order chi connectivity index (χ0) is 21.1. The second-order valence-corrected chi connectivity index (χ2v) is 7.68. The van der Waals surface area contributed by atoms with Crippen LogP contribution in [0.3, 0.4) is 0 Å². The Balaban J connectivity index is 1.43. The summed E-state index contributed by atoms with van der Waals surface area (Å²) in [5.41, 5.74) is 9.05. The number of hydrogen-bond acceptors (Lipinski definition) is 5. The Hall–Kier alpha value is -2.93. The molecule has 0 aliphatic heterocycles. The van der Waals surface area contributed by atoms with E-state index in [1.807, 2.05) is 48.6 Å². The van der Waals surface area contributed by atoms with Crippen molar-refractivity contribution < 1.29 is 14.9 Å². The number of nitrogens with zero attached hydrogens (tertiary/aromatic N) is 2. The van der Waals surface area contributed by atoms with Crippen LogP contribution in [0, 0.1) is 0 Å². The molecule has 1 unspecified atom stereocenters. The smallest absolute Gasteiger partial charge is 0.137 e. The number of rotatable bonds is 8. The van der Waals surface area contributed by atoms with Crippen LogP contribution in [0.5, 0.6) is 5.75 Å². The van der Waals surface area contributed by atoms with Crippen molar-refractivity contribution in [1.82, 2.24) is 9.55 Å². The molecule has 1 aromatic heterocycles. The van der Waals surface area contributed by atoms with Crippen LogP contribution >= 0.6 is 0 Å². The quantitative estimate of drug-likeness (QED) is 0.534. The van der Waals surface area contributed by atoms with Gasteiger partial charge in [0, 0.05) is 24.9 Å². The molecule has 1 saturated carbocycles. The molecule has 1 heterocycles. The lowest BCUT2D eigenvalue weighted by Gasteiger charge is -2.16. The first-order valence-electron chi connectivity index (χ1n) is 10.2. The van der Waals surface area contributed by atoms with E-state index in [1.54, 1.807) is 23.9 Å². The first-order chi connectivity index (χ1) is 14.5. The predicted octanol–water partition coefficient (Wildman–Crippen LogP) is 3.33. The van der Waals surface area contributed by atoms with Gasteiger partial charge < -0.3 is 25.3 Å².